The number of carbonyl (C=O) groups excluding carboxylic acids is 3. The Morgan fingerprint density at radius 2 is 1.83 bits per heavy atom. The summed E-state index contributed by atoms with van der Waals surface area (Å²) in [6.45, 7) is 1.80. The van der Waals surface area contributed by atoms with E-state index in [2.05, 4.69) is 10.3 Å². The number of hydrogen-bond donors (Lipinski definition) is 1. The van der Waals surface area contributed by atoms with E-state index < -0.39 is 11.8 Å². The lowest BCUT2D eigenvalue weighted by Crippen LogP contribution is -2.29. The molecule has 0 fully saturated rings. The summed E-state index contributed by atoms with van der Waals surface area (Å²) in [7, 11) is 0. The minimum Gasteiger partial charge on any atom is -0.484 e. The number of nitrogens with one attached hydrogen (secondary N) is 1. The second kappa shape index (κ2) is 7.55. The maximum atomic E-state index is 12.6. The van der Waals surface area contributed by atoms with Gasteiger partial charge in [-0.05, 0) is 49.4 Å². The van der Waals surface area contributed by atoms with E-state index in [4.69, 9.17) is 4.74 Å². The maximum absolute atomic E-state index is 12.6. The molecule has 1 aromatic heterocycles. The highest BCUT2D eigenvalue weighted by Crippen LogP contribution is 2.28. The molecular weight excluding hydrogens is 370 g/mol. The molecule has 144 valence electrons. The van der Waals surface area contributed by atoms with Gasteiger partial charge in [-0.2, -0.15) is 0 Å². The molecule has 1 N–H and O–H groups in total. The van der Waals surface area contributed by atoms with Crippen LogP contribution in [-0.4, -0.2) is 29.3 Å². The smallest absolute Gasteiger partial charge is 0.284 e. The fraction of sp³-hybridized carbons (Fsp3) is 0.0909. The van der Waals surface area contributed by atoms with Crippen molar-refractivity contribution in [2.75, 3.05) is 16.8 Å². The number of nitrogens with zero attached hydrogens (tertiary/aromatic N) is 2. The van der Waals surface area contributed by atoms with E-state index in [0.717, 1.165) is 10.5 Å². The van der Waals surface area contributed by atoms with Crippen molar-refractivity contribution in [3.8, 4) is 5.75 Å². The number of rotatable bonds is 5. The highest BCUT2D eigenvalue weighted by Gasteiger charge is 2.37. The summed E-state index contributed by atoms with van der Waals surface area (Å²) in [6, 6.07) is 17.1. The highest BCUT2D eigenvalue weighted by molar-refractivity contribution is 6.33. The minimum atomic E-state index is -0.489. The number of aryl methyl sites for hydroxylation is 1. The van der Waals surface area contributed by atoms with Crippen LogP contribution in [0.25, 0.3) is 0 Å². The molecule has 0 bridgehead atoms. The Hall–Kier alpha value is -4.00. The Bertz CT molecular complexity index is 1070. The third-order valence-corrected chi connectivity index (χ3v) is 4.43. The van der Waals surface area contributed by atoms with Crippen LogP contribution in [0.1, 0.15) is 26.4 Å². The van der Waals surface area contributed by atoms with Crippen LogP contribution in [0.4, 0.5) is 11.4 Å². The molecule has 3 aromatic rings. The molecule has 2 heterocycles. The predicted molar refractivity (Wildman–Crippen MR) is 107 cm³/mol. The van der Waals surface area contributed by atoms with Gasteiger partial charge in [-0.1, -0.05) is 23.8 Å². The average molecular weight is 387 g/mol. The van der Waals surface area contributed by atoms with Crippen molar-refractivity contribution < 1.29 is 19.1 Å². The summed E-state index contributed by atoms with van der Waals surface area (Å²) < 4.78 is 5.46. The number of carbonyl (C=O) groups is 3. The molecule has 0 saturated carbocycles. The lowest BCUT2D eigenvalue weighted by molar-refractivity contribution is -0.118. The average Bonchev–Trinajstić information content (AvgIpc) is 2.98. The third-order valence-electron chi connectivity index (χ3n) is 4.43. The lowest BCUT2D eigenvalue weighted by atomic mass is 10.2. The predicted octanol–water partition coefficient (Wildman–Crippen LogP) is 3.21. The van der Waals surface area contributed by atoms with Crippen molar-refractivity contribution in [2.24, 2.45) is 0 Å². The lowest BCUT2D eigenvalue weighted by Gasteiger charge is -2.15. The number of amides is 3. The Labute approximate surface area is 166 Å². The zero-order valence-corrected chi connectivity index (χ0v) is 15.6. The van der Waals surface area contributed by atoms with Gasteiger partial charge in [-0.25, -0.2) is 4.90 Å². The first-order valence-corrected chi connectivity index (χ1v) is 8.96. The third kappa shape index (κ3) is 3.70. The van der Waals surface area contributed by atoms with Crippen molar-refractivity contribution in [2.45, 2.75) is 6.92 Å². The van der Waals surface area contributed by atoms with E-state index in [1.807, 2.05) is 19.1 Å². The normalized spacial score (nSPS) is 12.7. The number of anilines is 2. The fourth-order valence-electron chi connectivity index (χ4n) is 3.00. The molecule has 0 spiro atoms. The first-order chi connectivity index (χ1) is 14.0. The highest BCUT2D eigenvalue weighted by atomic mass is 16.5. The topological polar surface area (TPSA) is 88.6 Å². The summed E-state index contributed by atoms with van der Waals surface area (Å²) in [5, 5.41) is 2.71. The second-order valence-electron chi connectivity index (χ2n) is 6.55. The molecule has 0 unspecified atom stereocenters. The molecule has 4 rings (SSSR count). The molecule has 7 nitrogen and oxygen atoms in total. The Kier molecular flexibility index (Phi) is 4.78. The van der Waals surface area contributed by atoms with Gasteiger partial charge >= 0.3 is 0 Å². The van der Waals surface area contributed by atoms with Gasteiger partial charge in [-0.15, -0.1) is 0 Å². The van der Waals surface area contributed by atoms with Crippen LogP contribution in [0.15, 0.2) is 66.9 Å². The number of fused-ring (bicyclic) bond motifs is 1. The van der Waals surface area contributed by atoms with Crippen LogP contribution in [0.5, 0.6) is 5.75 Å². The Morgan fingerprint density at radius 3 is 2.59 bits per heavy atom. The molecular formula is C22H17N3O4. The molecule has 1 aliphatic heterocycles. The van der Waals surface area contributed by atoms with E-state index in [-0.39, 0.29) is 23.8 Å². The van der Waals surface area contributed by atoms with Gasteiger partial charge in [0.15, 0.2) is 6.61 Å². The van der Waals surface area contributed by atoms with Gasteiger partial charge in [0.25, 0.3) is 17.7 Å². The fourth-order valence-corrected chi connectivity index (χ4v) is 3.00. The SMILES string of the molecule is Cc1ccc(OCC(=O)Nc2cccc(N3C(=O)c4cccnc4C3=O)c2)cc1. The van der Waals surface area contributed by atoms with Gasteiger partial charge < -0.3 is 10.1 Å². The molecule has 7 heteroatoms. The Morgan fingerprint density at radius 1 is 1.03 bits per heavy atom. The van der Waals surface area contributed by atoms with Gasteiger partial charge in [0.2, 0.25) is 0 Å². The summed E-state index contributed by atoms with van der Waals surface area (Å²) in [6.07, 6.45) is 1.47. The van der Waals surface area contributed by atoms with E-state index in [0.29, 0.717) is 17.1 Å². The van der Waals surface area contributed by atoms with Gasteiger partial charge in [-0.3, -0.25) is 19.4 Å². The number of ether oxygens (including phenoxy) is 1. The second-order valence-corrected chi connectivity index (χ2v) is 6.55. The molecule has 2 aromatic carbocycles. The van der Waals surface area contributed by atoms with Crippen molar-refractivity contribution in [1.82, 2.24) is 4.98 Å². The van der Waals surface area contributed by atoms with Crippen LogP contribution in [-0.2, 0) is 4.79 Å². The van der Waals surface area contributed by atoms with Crippen LogP contribution in [0, 0.1) is 6.92 Å². The zero-order valence-electron chi connectivity index (χ0n) is 15.6. The van der Waals surface area contributed by atoms with Gasteiger partial charge in [0, 0.05) is 11.9 Å². The van der Waals surface area contributed by atoms with E-state index in [1.54, 1.807) is 48.5 Å². The molecule has 0 atom stereocenters. The van der Waals surface area contributed by atoms with E-state index in [9.17, 15) is 14.4 Å². The van der Waals surface area contributed by atoms with Crippen LogP contribution < -0.4 is 15.0 Å². The monoisotopic (exact) mass is 387 g/mol. The van der Waals surface area contributed by atoms with Crippen LogP contribution in [0.2, 0.25) is 0 Å². The van der Waals surface area contributed by atoms with Gasteiger partial charge in [0.05, 0.1) is 11.3 Å². The summed E-state index contributed by atoms with van der Waals surface area (Å²) in [5.74, 6) is -0.689. The van der Waals surface area contributed by atoms with Crippen molar-refractivity contribution in [3.05, 3.63) is 83.7 Å². The molecule has 0 aliphatic carbocycles. The van der Waals surface area contributed by atoms with Crippen molar-refractivity contribution >= 4 is 29.1 Å². The van der Waals surface area contributed by atoms with Crippen molar-refractivity contribution in [3.63, 3.8) is 0 Å². The molecule has 29 heavy (non-hydrogen) atoms. The standard InChI is InChI=1S/C22H17N3O4/c1-14-7-9-17(10-8-14)29-13-19(26)24-15-4-2-5-16(12-15)25-21(27)18-6-3-11-23-20(18)22(25)28/h2-12H,13H2,1H3,(H,24,26). The molecule has 0 saturated heterocycles. The van der Waals surface area contributed by atoms with Crippen LogP contribution >= 0.6 is 0 Å². The first kappa shape index (κ1) is 18.4. The number of hydrogen-bond acceptors (Lipinski definition) is 5. The summed E-state index contributed by atoms with van der Waals surface area (Å²) >= 11 is 0. The maximum Gasteiger partial charge on any atom is 0.284 e. The van der Waals surface area contributed by atoms with E-state index in [1.165, 1.54) is 6.20 Å². The molecule has 3 amide bonds. The minimum absolute atomic E-state index is 0.124. The quantitative estimate of drug-likeness (QED) is 0.679. The number of imide groups is 1. The number of pyridine rings is 1. The van der Waals surface area contributed by atoms with Crippen LogP contribution in [0.3, 0.4) is 0 Å². The van der Waals surface area contributed by atoms with Crippen molar-refractivity contribution in [1.29, 1.82) is 0 Å². The van der Waals surface area contributed by atoms with E-state index >= 15 is 0 Å². The first-order valence-electron chi connectivity index (χ1n) is 8.96. The molecule has 1 aliphatic rings. The largest absolute Gasteiger partial charge is 0.484 e. The summed E-state index contributed by atoms with van der Waals surface area (Å²) in [4.78, 5) is 42.4. The van der Waals surface area contributed by atoms with Gasteiger partial charge in [0.1, 0.15) is 11.4 Å². The zero-order chi connectivity index (χ0) is 20.4. The number of aromatic nitrogens is 1. The summed E-state index contributed by atoms with van der Waals surface area (Å²) in [5.41, 5.74) is 2.29. The number of benzene rings is 2. The Balaban J connectivity index is 1.45. The molecule has 0 radical (unpaired) electrons.